The third kappa shape index (κ3) is 2.72. The summed E-state index contributed by atoms with van der Waals surface area (Å²) in [5, 5.41) is 16.7. The molecule has 2 rings (SSSR count). The number of carboxylic acid groups (broad SMARTS) is 1. The average Bonchev–Trinajstić information content (AvgIpc) is 2.73. The molecule has 0 aliphatic rings. The van der Waals surface area contributed by atoms with Gasteiger partial charge in [0.25, 0.3) is 0 Å². The highest BCUT2D eigenvalue weighted by atomic mass is 32.2. The summed E-state index contributed by atoms with van der Waals surface area (Å²) in [7, 11) is 0. The molecule has 0 fully saturated rings. The summed E-state index contributed by atoms with van der Waals surface area (Å²) in [6, 6.07) is 3.17. The zero-order chi connectivity index (χ0) is 12.3. The Kier molecular flexibility index (Phi) is 3.24. The molecule has 0 bridgehead atoms. The third-order valence-electron chi connectivity index (χ3n) is 1.96. The summed E-state index contributed by atoms with van der Waals surface area (Å²) >= 11 is 1.38. The van der Waals surface area contributed by atoms with Crippen LogP contribution in [0.15, 0.2) is 29.8 Å². The van der Waals surface area contributed by atoms with E-state index in [-0.39, 0.29) is 5.56 Å². The van der Waals surface area contributed by atoms with Gasteiger partial charge in [-0.3, -0.25) is 4.98 Å². The highest BCUT2D eigenvalue weighted by molar-refractivity contribution is 7.98. The Hall–Kier alpha value is -2.09. The van der Waals surface area contributed by atoms with Crippen LogP contribution in [0.2, 0.25) is 0 Å². The molecule has 0 unspecified atom stereocenters. The van der Waals surface area contributed by atoms with Crippen molar-refractivity contribution < 1.29 is 9.90 Å². The first-order chi connectivity index (χ1) is 8.16. The molecular weight excluding hydrogens is 242 g/mol. The maximum absolute atomic E-state index is 10.6. The smallest absolute Gasteiger partial charge is 0.337 e. The van der Waals surface area contributed by atoms with E-state index < -0.39 is 5.97 Å². The van der Waals surface area contributed by atoms with E-state index in [4.69, 9.17) is 10.9 Å². The molecule has 8 heteroatoms. The van der Waals surface area contributed by atoms with Crippen molar-refractivity contribution in [2.75, 3.05) is 5.84 Å². The number of nitrogens with zero attached hydrogens (tertiary/aromatic N) is 4. The molecular formula is C9H9N5O2S. The monoisotopic (exact) mass is 251 g/mol. The molecule has 0 aromatic carbocycles. The highest BCUT2D eigenvalue weighted by Crippen LogP contribution is 2.17. The van der Waals surface area contributed by atoms with Crippen LogP contribution in [0.3, 0.4) is 0 Å². The molecule has 0 spiro atoms. The second kappa shape index (κ2) is 4.83. The lowest BCUT2D eigenvalue weighted by atomic mass is 10.2. The van der Waals surface area contributed by atoms with Crippen LogP contribution < -0.4 is 5.84 Å². The molecule has 0 aliphatic heterocycles. The summed E-state index contributed by atoms with van der Waals surface area (Å²) in [6.45, 7) is 0. The fourth-order valence-corrected chi connectivity index (χ4v) is 1.86. The minimum absolute atomic E-state index is 0.167. The minimum atomic E-state index is -0.988. The summed E-state index contributed by atoms with van der Waals surface area (Å²) < 4.78 is 1.32. The predicted octanol–water partition coefficient (Wildman–Crippen LogP) is 0.377. The molecule has 0 radical (unpaired) electrons. The second-order valence-electron chi connectivity index (χ2n) is 3.15. The molecule has 2 heterocycles. The molecule has 7 nitrogen and oxygen atoms in total. The van der Waals surface area contributed by atoms with Crippen LogP contribution in [-0.2, 0) is 5.75 Å². The fourth-order valence-electron chi connectivity index (χ4n) is 1.11. The largest absolute Gasteiger partial charge is 0.478 e. The SMILES string of the molecule is Nn1cnnc1SCc1ccc(C(=O)O)cn1. The summed E-state index contributed by atoms with van der Waals surface area (Å²) in [5.74, 6) is 5.11. The van der Waals surface area contributed by atoms with Gasteiger partial charge in [0.2, 0.25) is 5.16 Å². The average molecular weight is 251 g/mol. The van der Waals surface area contributed by atoms with Crippen molar-refractivity contribution in [1.82, 2.24) is 19.9 Å². The number of hydrogen-bond acceptors (Lipinski definition) is 6. The van der Waals surface area contributed by atoms with Crippen molar-refractivity contribution in [2.24, 2.45) is 0 Å². The topological polar surface area (TPSA) is 107 Å². The molecule has 0 aliphatic carbocycles. The zero-order valence-corrected chi connectivity index (χ0v) is 9.46. The quantitative estimate of drug-likeness (QED) is 0.597. The van der Waals surface area contributed by atoms with Crippen molar-refractivity contribution in [1.29, 1.82) is 0 Å². The Balaban J connectivity index is 2.00. The van der Waals surface area contributed by atoms with Gasteiger partial charge in [0, 0.05) is 11.9 Å². The number of nitrogens with two attached hydrogens (primary N) is 1. The first kappa shape index (κ1) is 11.4. The van der Waals surface area contributed by atoms with E-state index in [1.54, 1.807) is 6.07 Å². The van der Waals surface area contributed by atoms with Gasteiger partial charge in [-0.2, -0.15) is 0 Å². The van der Waals surface area contributed by atoms with Crippen LogP contribution >= 0.6 is 11.8 Å². The Bertz CT molecular complexity index is 524. The van der Waals surface area contributed by atoms with E-state index in [1.807, 2.05) is 0 Å². The molecule has 3 N–H and O–H groups in total. The molecule has 2 aromatic heterocycles. The van der Waals surface area contributed by atoms with E-state index in [0.717, 1.165) is 5.69 Å². The molecule has 0 saturated heterocycles. The number of aromatic nitrogens is 4. The molecule has 0 saturated carbocycles. The second-order valence-corrected chi connectivity index (χ2v) is 4.10. The number of nitrogen functional groups attached to an aromatic ring is 1. The van der Waals surface area contributed by atoms with Gasteiger partial charge in [-0.25, -0.2) is 9.47 Å². The lowest BCUT2D eigenvalue weighted by Gasteiger charge is -2.00. The molecule has 2 aromatic rings. The Morgan fingerprint density at radius 3 is 2.88 bits per heavy atom. The van der Waals surface area contributed by atoms with E-state index >= 15 is 0 Å². The zero-order valence-electron chi connectivity index (χ0n) is 8.65. The van der Waals surface area contributed by atoms with Gasteiger partial charge in [-0.15, -0.1) is 10.2 Å². The fraction of sp³-hybridized carbons (Fsp3) is 0.111. The van der Waals surface area contributed by atoms with Gasteiger partial charge >= 0.3 is 5.97 Å². The third-order valence-corrected chi connectivity index (χ3v) is 2.95. The number of hydrogen-bond donors (Lipinski definition) is 2. The van der Waals surface area contributed by atoms with Crippen molar-refractivity contribution in [3.8, 4) is 0 Å². The van der Waals surface area contributed by atoms with E-state index in [0.29, 0.717) is 10.9 Å². The summed E-state index contributed by atoms with van der Waals surface area (Å²) in [4.78, 5) is 14.6. The predicted molar refractivity (Wildman–Crippen MR) is 60.9 cm³/mol. The number of aromatic carboxylic acids is 1. The van der Waals surface area contributed by atoms with Gasteiger partial charge in [-0.1, -0.05) is 11.8 Å². The van der Waals surface area contributed by atoms with Crippen molar-refractivity contribution >= 4 is 17.7 Å². The van der Waals surface area contributed by atoms with Crippen LogP contribution in [0, 0.1) is 0 Å². The molecule has 17 heavy (non-hydrogen) atoms. The van der Waals surface area contributed by atoms with Gasteiger partial charge in [-0.05, 0) is 12.1 Å². The Labute approximate surface area is 101 Å². The first-order valence-electron chi connectivity index (χ1n) is 4.63. The molecule has 0 atom stereocenters. The number of thioether (sulfide) groups is 1. The Morgan fingerprint density at radius 1 is 1.53 bits per heavy atom. The number of rotatable bonds is 4. The van der Waals surface area contributed by atoms with Crippen molar-refractivity contribution in [2.45, 2.75) is 10.9 Å². The van der Waals surface area contributed by atoms with Crippen LogP contribution in [0.25, 0.3) is 0 Å². The van der Waals surface area contributed by atoms with Gasteiger partial charge in [0.05, 0.1) is 11.3 Å². The van der Waals surface area contributed by atoms with Gasteiger partial charge < -0.3 is 10.9 Å². The molecule has 88 valence electrons. The summed E-state index contributed by atoms with van der Waals surface area (Å²) in [6.07, 6.45) is 2.73. The molecule has 0 amide bonds. The lowest BCUT2D eigenvalue weighted by Crippen LogP contribution is -2.07. The maximum Gasteiger partial charge on any atom is 0.337 e. The van der Waals surface area contributed by atoms with Crippen LogP contribution in [0.1, 0.15) is 16.1 Å². The Morgan fingerprint density at radius 2 is 2.35 bits per heavy atom. The maximum atomic E-state index is 10.6. The number of carboxylic acids is 1. The van der Waals surface area contributed by atoms with E-state index in [9.17, 15) is 4.79 Å². The minimum Gasteiger partial charge on any atom is -0.478 e. The first-order valence-corrected chi connectivity index (χ1v) is 5.61. The van der Waals surface area contributed by atoms with Crippen molar-refractivity contribution in [3.63, 3.8) is 0 Å². The van der Waals surface area contributed by atoms with Crippen LogP contribution in [0.5, 0.6) is 0 Å². The standard InChI is InChI=1S/C9H9N5O2S/c10-14-5-12-13-9(14)17-4-7-2-1-6(3-11-7)8(15)16/h1-3,5H,4,10H2,(H,15,16). The van der Waals surface area contributed by atoms with E-state index in [1.165, 1.54) is 35.0 Å². The highest BCUT2D eigenvalue weighted by Gasteiger charge is 2.05. The normalized spacial score (nSPS) is 10.4. The van der Waals surface area contributed by atoms with Crippen LogP contribution in [0.4, 0.5) is 0 Å². The number of carbonyl (C=O) groups is 1. The summed E-state index contributed by atoms with van der Waals surface area (Å²) in [5.41, 5.74) is 0.920. The lowest BCUT2D eigenvalue weighted by molar-refractivity contribution is 0.0696. The van der Waals surface area contributed by atoms with Crippen LogP contribution in [-0.4, -0.2) is 30.9 Å². The van der Waals surface area contributed by atoms with Gasteiger partial charge in [0.1, 0.15) is 6.33 Å². The van der Waals surface area contributed by atoms with Gasteiger partial charge in [0.15, 0.2) is 0 Å². The number of pyridine rings is 1. The van der Waals surface area contributed by atoms with Crippen molar-refractivity contribution in [3.05, 3.63) is 35.9 Å². The van der Waals surface area contributed by atoms with E-state index in [2.05, 4.69) is 15.2 Å².